The Balaban J connectivity index is 3.69. The lowest BCUT2D eigenvalue weighted by molar-refractivity contribution is -0.123. The highest BCUT2D eigenvalue weighted by Gasteiger charge is 2.17. The largest absolute Gasteiger partial charge is 0.394 e. The average Bonchev–Trinajstić information content (AvgIpc) is 3.19. The van der Waals surface area contributed by atoms with Crippen LogP contribution >= 0.6 is 0 Å². The number of amides is 1. The van der Waals surface area contributed by atoms with Crippen molar-refractivity contribution in [2.45, 2.75) is 199 Å². The molecule has 0 spiro atoms. The van der Waals surface area contributed by atoms with Crippen LogP contribution in [0, 0.1) is 0 Å². The number of hydrogen-bond donors (Lipinski definition) is 3. The number of rotatable bonds is 39. The second-order valence-corrected chi connectivity index (χ2v) is 14.7. The third-order valence-corrected chi connectivity index (χ3v) is 9.49. The van der Waals surface area contributed by atoms with Crippen molar-refractivity contribution in [1.82, 2.24) is 5.32 Å². The first kappa shape index (κ1) is 52.0. The van der Waals surface area contributed by atoms with Gasteiger partial charge in [0.25, 0.3) is 0 Å². The van der Waals surface area contributed by atoms with Gasteiger partial charge in [0, 0.05) is 6.42 Å². The zero-order valence-corrected chi connectivity index (χ0v) is 35.6. The summed E-state index contributed by atoms with van der Waals surface area (Å²) in [7, 11) is 0. The first-order valence-electron chi connectivity index (χ1n) is 22.6. The molecule has 0 saturated heterocycles. The first-order valence-corrected chi connectivity index (χ1v) is 22.6. The molecule has 0 aromatic rings. The van der Waals surface area contributed by atoms with Gasteiger partial charge in [-0.05, 0) is 89.9 Å². The normalized spacial score (nSPS) is 14.0. The molecular weight excluding hydrogens is 675 g/mol. The molecule has 0 heterocycles. The topological polar surface area (TPSA) is 69.6 Å². The molecule has 0 aliphatic carbocycles. The van der Waals surface area contributed by atoms with E-state index in [1.54, 1.807) is 6.08 Å². The van der Waals surface area contributed by atoms with Crippen LogP contribution in [0.25, 0.3) is 0 Å². The zero-order chi connectivity index (χ0) is 40.0. The fraction of sp³-hybridized carbons (Fsp3) is 0.627. The molecule has 2 atom stereocenters. The number of carbonyl (C=O) groups is 1. The molecular formula is C51H85NO3. The highest BCUT2D eigenvalue weighted by atomic mass is 16.3. The molecule has 1 amide bonds. The lowest BCUT2D eigenvalue weighted by Gasteiger charge is -2.19. The number of carbonyl (C=O) groups excluding carboxylic acids is 1. The highest BCUT2D eigenvalue weighted by Crippen LogP contribution is 2.12. The number of hydrogen-bond acceptors (Lipinski definition) is 3. The van der Waals surface area contributed by atoms with Crippen molar-refractivity contribution in [2.24, 2.45) is 0 Å². The maximum atomic E-state index is 12.4. The van der Waals surface area contributed by atoms with E-state index < -0.39 is 12.1 Å². The lowest BCUT2D eigenvalue weighted by atomic mass is 10.1. The van der Waals surface area contributed by atoms with Crippen molar-refractivity contribution in [3.8, 4) is 0 Å². The maximum absolute atomic E-state index is 12.4. The Kier molecular flexibility index (Phi) is 43.0. The summed E-state index contributed by atoms with van der Waals surface area (Å²) in [5, 5.41) is 23.0. The van der Waals surface area contributed by atoms with Crippen LogP contribution in [0.2, 0.25) is 0 Å². The number of unbranched alkanes of at least 4 members (excludes halogenated alkanes) is 16. The average molecular weight is 760 g/mol. The molecule has 0 aliphatic heterocycles. The van der Waals surface area contributed by atoms with Gasteiger partial charge in [-0.25, -0.2) is 0 Å². The molecule has 0 rings (SSSR count). The molecule has 4 nitrogen and oxygen atoms in total. The van der Waals surface area contributed by atoms with Gasteiger partial charge < -0.3 is 15.5 Å². The van der Waals surface area contributed by atoms with Gasteiger partial charge in [0.2, 0.25) is 5.91 Å². The molecule has 0 aliphatic rings. The second kappa shape index (κ2) is 45.4. The van der Waals surface area contributed by atoms with Crippen molar-refractivity contribution >= 4 is 5.91 Å². The highest BCUT2D eigenvalue weighted by molar-refractivity contribution is 5.76. The van der Waals surface area contributed by atoms with Crippen molar-refractivity contribution in [1.29, 1.82) is 0 Å². The smallest absolute Gasteiger partial charge is 0.220 e. The Morgan fingerprint density at radius 3 is 1.27 bits per heavy atom. The van der Waals surface area contributed by atoms with E-state index in [4.69, 9.17) is 0 Å². The van der Waals surface area contributed by atoms with Crippen LogP contribution in [0.1, 0.15) is 187 Å². The van der Waals surface area contributed by atoms with Crippen molar-refractivity contribution in [3.63, 3.8) is 0 Å². The summed E-state index contributed by atoms with van der Waals surface area (Å²) < 4.78 is 0. The van der Waals surface area contributed by atoms with Crippen LogP contribution in [0.15, 0.2) is 109 Å². The third kappa shape index (κ3) is 42.0. The maximum Gasteiger partial charge on any atom is 0.220 e. The summed E-state index contributed by atoms with van der Waals surface area (Å²) in [4.78, 5) is 12.4. The third-order valence-electron chi connectivity index (χ3n) is 9.49. The van der Waals surface area contributed by atoms with Gasteiger partial charge in [0.15, 0.2) is 0 Å². The molecule has 0 radical (unpaired) electrons. The predicted octanol–water partition coefficient (Wildman–Crippen LogP) is 14.4. The standard InChI is InChI=1S/C51H85NO3/c1-3-5-7-9-11-13-15-17-19-20-21-22-23-24-25-26-27-28-29-30-31-32-33-35-37-39-41-43-45-47-51(55)52-49(48-53)50(54)46-44-42-40-38-36-34-18-16-14-12-10-8-6-4-2/h5,7,11,13,17,19,21-22,24-25,27-28,30-31,36,38,44,46,49-50,53-54H,3-4,6,8-10,12,14-16,18,20,23,26,29,32-35,37,39-43,45,47-48H2,1-2H3,(H,52,55)/b7-5-,13-11-,19-17-,22-21-,25-24-,28-27-,31-30-,38-36+,46-44+. The van der Waals surface area contributed by atoms with Gasteiger partial charge in [-0.15, -0.1) is 0 Å². The van der Waals surface area contributed by atoms with Gasteiger partial charge >= 0.3 is 0 Å². The molecule has 0 saturated carbocycles. The van der Waals surface area contributed by atoms with Gasteiger partial charge in [-0.1, -0.05) is 200 Å². The minimum atomic E-state index is -0.873. The second-order valence-electron chi connectivity index (χ2n) is 14.7. The predicted molar refractivity (Wildman–Crippen MR) is 243 cm³/mol. The molecule has 312 valence electrons. The van der Waals surface area contributed by atoms with Crippen molar-refractivity contribution < 1.29 is 15.0 Å². The molecule has 0 aromatic heterocycles. The Morgan fingerprint density at radius 1 is 0.455 bits per heavy atom. The molecule has 0 bridgehead atoms. The Morgan fingerprint density at radius 2 is 0.818 bits per heavy atom. The Labute approximate surface area is 340 Å². The fourth-order valence-electron chi connectivity index (χ4n) is 6.05. The molecule has 4 heteroatoms. The summed E-state index contributed by atoms with van der Waals surface area (Å²) in [6.07, 6.45) is 69.1. The van der Waals surface area contributed by atoms with E-state index in [0.717, 1.165) is 89.9 Å². The SMILES string of the molecule is CC/C=C\C/C=C\C/C=C\C/C=C\C/C=C\C/C=C\C/C=C\CCCCCCCCCC(=O)NC(CO)C(O)/C=C/CC/C=C/CCCCCCCCCC. The van der Waals surface area contributed by atoms with Gasteiger partial charge in [-0.3, -0.25) is 4.79 Å². The minimum Gasteiger partial charge on any atom is -0.394 e. The van der Waals surface area contributed by atoms with E-state index in [9.17, 15) is 15.0 Å². The molecule has 3 N–H and O–H groups in total. The Bertz CT molecular complexity index is 1090. The molecule has 55 heavy (non-hydrogen) atoms. The van der Waals surface area contributed by atoms with E-state index in [0.29, 0.717) is 6.42 Å². The summed E-state index contributed by atoms with van der Waals surface area (Å²) in [6, 6.07) is -0.652. The molecule has 0 aromatic carbocycles. The summed E-state index contributed by atoms with van der Waals surface area (Å²) in [5.41, 5.74) is 0. The number of aliphatic hydroxyl groups is 2. The van der Waals surface area contributed by atoms with E-state index in [1.807, 2.05) is 6.08 Å². The van der Waals surface area contributed by atoms with Crippen LogP contribution in [0.3, 0.4) is 0 Å². The van der Waals surface area contributed by atoms with Crippen molar-refractivity contribution in [2.75, 3.05) is 6.61 Å². The van der Waals surface area contributed by atoms with Crippen molar-refractivity contribution in [3.05, 3.63) is 109 Å². The first-order chi connectivity index (χ1) is 27.2. The number of allylic oxidation sites excluding steroid dienone is 17. The summed E-state index contributed by atoms with van der Waals surface area (Å²) >= 11 is 0. The van der Waals surface area contributed by atoms with Crippen LogP contribution in [-0.4, -0.2) is 34.9 Å². The summed E-state index contributed by atoms with van der Waals surface area (Å²) in [6.45, 7) is 4.15. The van der Waals surface area contributed by atoms with Crippen LogP contribution in [-0.2, 0) is 4.79 Å². The van der Waals surface area contributed by atoms with Gasteiger partial charge in [0.1, 0.15) is 0 Å². The van der Waals surface area contributed by atoms with E-state index in [1.165, 1.54) is 77.0 Å². The number of nitrogens with one attached hydrogen (secondary N) is 1. The molecule has 2 unspecified atom stereocenters. The van der Waals surface area contributed by atoms with Crippen LogP contribution in [0.5, 0.6) is 0 Å². The number of aliphatic hydroxyl groups excluding tert-OH is 2. The minimum absolute atomic E-state index is 0.0915. The van der Waals surface area contributed by atoms with Crippen LogP contribution < -0.4 is 5.32 Å². The Hall–Kier alpha value is -2.95. The van der Waals surface area contributed by atoms with Gasteiger partial charge in [-0.2, -0.15) is 0 Å². The quantitative estimate of drug-likeness (QED) is 0.0432. The van der Waals surface area contributed by atoms with E-state index >= 15 is 0 Å². The fourth-order valence-corrected chi connectivity index (χ4v) is 6.05. The van der Waals surface area contributed by atoms with E-state index in [-0.39, 0.29) is 12.5 Å². The molecule has 0 fully saturated rings. The van der Waals surface area contributed by atoms with Crippen LogP contribution in [0.4, 0.5) is 0 Å². The monoisotopic (exact) mass is 760 g/mol. The zero-order valence-electron chi connectivity index (χ0n) is 35.6. The summed E-state index contributed by atoms with van der Waals surface area (Å²) in [5.74, 6) is -0.0915. The van der Waals surface area contributed by atoms with E-state index in [2.05, 4.69) is 116 Å². The lowest BCUT2D eigenvalue weighted by Crippen LogP contribution is -2.45. The van der Waals surface area contributed by atoms with Gasteiger partial charge in [0.05, 0.1) is 18.8 Å².